The maximum atomic E-state index is 13.7. The molecule has 248 valence electrons. The van der Waals surface area contributed by atoms with Crippen molar-refractivity contribution >= 4 is 27.5 Å². The van der Waals surface area contributed by atoms with Crippen LogP contribution in [-0.2, 0) is 29.5 Å². The van der Waals surface area contributed by atoms with Gasteiger partial charge in [-0.3, -0.25) is 19.3 Å². The van der Waals surface area contributed by atoms with E-state index in [-0.39, 0.29) is 35.7 Å². The second kappa shape index (κ2) is 16.7. The van der Waals surface area contributed by atoms with Crippen LogP contribution in [0, 0.1) is 6.92 Å². The summed E-state index contributed by atoms with van der Waals surface area (Å²) >= 11 is 0. The van der Waals surface area contributed by atoms with Crippen LogP contribution in [0.2, 0.25) is 0 Å². The van der Waals surface area contributed by atoms with Crippen LogP contribution in [0.25, 0.3) is 0 Å². The summed E-state index contributed by atoms with van der Waals surface area (Å²) in [5.41, 5.74) is 3.52. The lowest BCUT2D eigenvalue weighted by molar-refractivity contribution is 0.0830. The number of carbonyl (C=O) groups is 2. The van der Waals surface area contributed by atoms with Gasteiger partial charge in [0.2, 0.25) is 10.0 Å². The first kappa shape index (κ1) is 35.1. The summed E-state index contributed by atoms with van der Waals surface area (Å²) in [5, 5.41) is 20.2. The van der Waals surface area contributed by atoms with Crippen LogP contribution in [0.4, 0.5) is 5.69 Å². The average molecular weight is 660 g/mol. The standard InChI is InChI=1S/C35H41N5O6S/c1-4-47(44,45)40-30-19-27(34(42)37-22-29-14-8-10-24(2)38-29)18-28(20-30)35(43)39-32(17-25-11-6-5-7-12-25)33(41)23-36-21-26-13-9-15-31(16-26)46-3/h5-16,18-20,32-33,36,40-41H,4,17,21-23H2,1-3H3,(H,37,42)(H,39,43)/t32-,33+/m0/s1. The van der Waals surface area contributed by atoms with Crippen molar-refractivity contribution < 1.29 is 27.9 Å². The highest BCUT2D eigenvalue weighted by Gasteiger charge is 2.24. The molecule has 47 heavy (non-hydrogen) atoms. The minimum absolute atomic E-state index is 0.0507. The third-order valence-corrected chi connectivity index (χ3v) is 8.69. The molecule has 2 amide bonds. The topological polar surface area (TPSA) is 159 Å². The van der Waals surface area contributed by atoms with Crippen molar-refractivity contribution in [3.63, 3.8) is 0 Å². The largest absolute Gasteiger partial charge is 0.497 e. The van der Waals surface area contributed by atoms with Gasteiger partial charge < -0.3 is 25.8 Å². The lowest BCUT2D eigenvalue weighted by atomic mass is 10.00. The molecule has 0 saturated heterocycles. The lowest BCUT2D eigenvalue weighted by Gasteiger charge is -2.25. The smallest absolute Gasteiger partial charge is 0.251 e. The molecule has 5 N–H and O–H groups in total. The number of pyridine rings is 1. The van der Waals surface area contributed by atoms with Gasteiger partial charge in [-0.25, -0.2) is 8.42 Å². The molecule has 4 rings (SSSR count). The van der Waals surface area contributed by atoms with Gasteiger partial charge in [-0.15, -0.1) is 0 Å². The number of hydrogen-bond donors (Lipinski definition) is 5. The maximum Gasteiger partial charge on any atom is 0.251 e. The molecule has 0 aliphatic carbocycles. The fourth-order valence-corrected chi connectivity index (χ4v) is 5.48. The zero-order chi connectivity index (χ0) is 33.8. The molecule has 2 atom stereocenters. The number of rotatable bonds is 16. The van der Waals surface area contributed by atoms with Gasteiger partial charge in [0, 0.05) is 29.9 Å². The normalized spacial score (nSPS) is 12.5. The summed E-state index contributed by atoms with van der Waals surface area (Å²) in [7, 11) is -2.11. The number of benzene rings is 3. The number of ether oxygens (including phenoxy) is 1. The van der Waals surface area contributed by atoms with Gasteiger partial charge in [0.1, 0.15) is 5.75 Å². The highest BCUT2D eigenvalue weighted by molar-refractivity contribution is 7.92. The molecule has 3 aromatic carbocycles. The monoisotopic (exact) mass is 659 g/mol. The number of amides is 2. The van der Waals surface area contributed by atoms with Crippen LogP contribution in [-0.4, -0.2) is 61.9 Å². The molecule has 0 spiro atoms. The summed E-state index contributed by atoms with van der Waals surface area (Å²) in [6.45, 7) is 4.11. The molecule has 1 aromatic heterocycles. The first-order chi connectivity index (χ1) is 22.5. The molecule has 0 saturated carbocycles. The molecule has 0 bridgehead atoms. The number of aliphatic hydroxyl groups is 1. The van der Waals surface area contributed by atoms with E-state index in [1.54, 1.807) is 13.2 Å². The van der Waals surface area contributed by atoms with Gasteiger partial charge >= 0.3 is 0 Å². The Kier molecular flexibility index (Phi) is 12.5. The van der Waals surface area contributed by atoms with Crippen LogP contribution >= 0.6 is 0 Å². The number of nitrogens with zero attached hydrogens (tertiary/aromatic N) is 1. The Morgan fingerprint density at radius 2 is 1.57 bits per heavy atom. The Labute approximate surface area is 275 Å². The second-order valence-electron chi connectivity index (χ2n) is 11.1. The molecule has 0 aliphatic heterocycles. The quantitative estimate of drug-likeness (QED) is 0.122. The minimum atomic E-state index is -3.71. The van der Waals surface area contributed by atoms with Crippen molar-refractivity contribution in [3.05, 3.63) is 125 Å². The SMILES string of the molecule is CCS(=O)(=O)Nc1cc(C(=O)NCc2cccc(C)n2)cc(C(=O)N[C@@H](Cc2ccccc2)[C@H](O)CNCc2cccc(OC)c2)c1. The van der Waals surface area contributed by atoms with Gasteiger partial charge in [-0.2, -0.15) is 0 Å². The predicted molar refractivity (Wildman–Crippen MR) is 182 cm³/mol. The number of aryl methyl sites for hydroxylation is 1. The van der Waals surface area contributed by atoms with Gasteiger partial charge in [-0.1, -0.05) is 48.5 Å². The minimum Gasteiger partial charge on any atom is -0.497 e. The summed E-state index contributed by atoms with van der Waals surface area (Å²) in [5.74, 6) is -0.562. The molecule has 0 fully saturated rings. The zero-order valence-electron chi connectivity index (χ0n) is 26.7. The second-order valence-corrected chi connectivity index (χ2v) is 13.1. The van der Waals surface area contributed by atoms with Crippen molar-refractivity contribution in [1.29, 1.82) is 0 Å². The highest BCUT2D eigenvalue weighted by atomic mass is 32.2. The Bertz CT molecular complexity index is 1770. The summed E-state index contributed by atoms with van der Waals surface area (Å²) in [6.07, 6.45) is -0.663. The summed E-state index contributed by atoms with van der Waals surface area (Å²) in [4.78, 5) is 31.3. The van der Waals surface area contributed by atoms with Crippen molar-refractivity contribution in [2.75, 3.05) is 24.1 Å². The van der Waals surface area contributed by atoms with E-state index in [0.29, 0.717) is 18.7 Å². The maximum absolute atomic E-state index is 13.7. The van der Waals surface area contributed by atoms with E-state index in [9.17, 15) is 23.1 Å². The molecule has 0 aliphatic rings. The summed E-state index contributed by atoms with van der Waals surface area (Å²) < 4.78 is 32.6. The number of sulfonamides is 1. The third-order valence-electron chi connectivity index (χ3n) is 7.38. The number of nitrogens with one attached hydrogen (secondary N) is 4. The van der Waals surface area contributed by atoms with Crippen LogP contribution in [0.15, 0.2) is 91.0 Å². The van der Waals surface area contributed by atoms with Gasteiger partial charge in [0.15, 0.2) is 0 Å². The number of aliphatic hydroxyl groups excluding tert-OH is 1. The molecular formula is C35H41N5O6S. The van der Waals surface area contributed by atoms with E-state index in [1.165, 1.54) is 25.1 Å². The van der Waals surface area contributed by atoms with Crippen molar-refractivity contribution in [3.8, 4) is 5.75 Å². The lowest BCUT2D eigenvalue weighted by Crippen LogP contribution is -2.48. The van der Waals surface area contributed by atoms with Gasteiger partial charge in [-0.05, 0) is 73.9 Å². The number of carbonyl (C=O) groups excluding carboxylic acids is 2. The van der Waals surface area contributed by atoms with Crippen molar-refractivity contribution in [1.82, 2.24) is 20.9 Å². The molecule has 1 heterocycles. The van der Waals surface area contributed by atoms with E-state index < -0.39 is 34.0 Å². The van der Waals surface area contributed by atoms with Crippen molar-refractivity contribution in [2.45, 2.75) is 45.5 Å². The van der Waals surface area contributed by atoms with Crippen LogP contribution < -0.4 is 25.4 Å². The number of aromatic nitrogens is 1. The molecule has 0 unspecified atom stereocenters. The van der Waals surface area contributed by atoms with Crippen LogP contribution in [0.3, 0.4) is 0 Å². The Hall–Kier alpha value is -4.78. The van der Waals surface area contributed by atoms with E-state index in [4.69, 9.17) is 4.74 Å². The molecule has 12 heteroatoms. The van der Waals surface area contributed by atoms with E-state index >= 15 is 0 Å². The first-order valence-corrected chi connectivity index (χ1v) is 16.9. The van der Waals surface area contributed by atoms with E-state index in [1.807, 2.05) is 73.7 Å². The highest BCUT2D eigenvalue weighted by Crippen LogP contribution is 2.19. The van der Waals surface area contributed by atoms with Crippen molar-refractivity contribution in [2.24, 2.45) is 0 Å². The molecule has 11 nitrogen and oxygen atoms in total. The fourth-order valence-electron chi connectivity index (χ4n) is 4.86. The number of hydrogen-bond acceptors (Lipinski definition) is 8. The molecule has 4 aromatic rings. The summed E-state index contributed by atoms with van der Waals surface area (Å²) in [6, 6.07) is 25.9. The number of methoxy groups -OCH3 is 1. The fraction of sp³-hybridized carbons (Fsp3) is 0.286. The predicted octanol–water partition coefficient (Wildman–Crippen LogP) is 3.58. The van der Waals surface area contributed by atoms with Crippen LogP contribution in [0.5, 0.6) is 5.75 Å². The Balaban J connectivity index is 1.54. The Morgan fingerprint density at radius 3 is 2.28 bits per heavy atom. The Morgan fingerprint density at radius 1 is 0.872 bits per heavy atom. The number of anilines is 1. The third kappa shape index (κ3) is 10.9. The zero-order valence-corrected chi connectivity index (χ0v) is 27.5. The van der Waals surface area contributed by atoms with E-state index in [2.05, 4.69) is 25.7 Å². The average Bonchev–Trinajstić information content (AvgIpc) is 3.07. The van der Waals surface area contributed by atoms with E-state index in [0.717, 1.165) is 22.6 Å². The molecular weight excluding hydrogens is 618 g/mol. The van der Waals surface area contributed by atoms with Gasteiger partial charge in [0.25, 0.3) is 11.8 Å². The van der Waals surface area contributed by atoms with Crippen LogP contribution in [0.1, 0.15) is 50.2 Å². The van der Waals surface area contributed by atoms with Gasteiger partial charge in [0.05, 0.1) is 42.9 Å². The first-order valence-electron chi connectivity index (χ1n) is 15.3. The molecule has 0 radical (unpaired) electrons.